The van der Waals surface area contributed by atoms with Crippen molar-refractivity contribution in [3.05, 3.63) is 28.1 Å². The van der Waals surface area contributed by atoms with Crippen molar-refractivity contribution in [3.8, 4) is 11.5 Å². The molecule has 3 aromatic rings. The Balaban J connectivity index is 1.81. The Bertz CT molecular complexity index is 891. The van der Waals surface area contributed by atoms with E-state index in [1.807, 2.05) is 13.0 Å². The Hall–Kier alpha value is -1.95. The van der Waals surface area contributed by atoms with Gasteiger partial charge in [-0.1, -0.05) is 16.8 Å². The standard InChI is InChI=1S/C15H14ClN5O/c1-7-6-10(20-22-7)14-17-18-15-12-9-4-2-8(3-5-9)11(12)13(16)19-21(14)15/h6,8-9H,2-5H2,1H3. The first-order valence-electron chi connectivity index (χ1n) is 7.61. The fraction of sp³-hybridized carbons (Fsp3) is 0.467. The zero-order valence-electron chi connectivity index (χ0n) is 12.1. The number of hydrogen-bond acceptors (Lipinski definition) is 5. The Morgan fingerprint density at radius 2 is 1.86 bits per heavy atom. The fourth-order valence-electron chi connectivity index (χ4n) is 4.01. The number of rotatable bonds is 1. The zero-order chi connectivity index (χ0) is 14.8. The van der Waals surface area contributed by atoms with Crippen molar-refractivity contribution >= 4 is 17.2 Å². The van der Waals surface area contributed by atoms with E-state index in [-0.39, 0.29) is 0 Å². The van der Waals surface area contributed by atoms with Crippen LogP contribution in [0.15, 0.2) is 10.6 Å². The van der Waals surface area contributed by atoms with Gasteiger partial charge in [0.2, 0.25) is 5.82 Å². The third-order valence-electron chi connectivity index (χ3n) is 4.98. The second kappa shape index (κ2) is 4.29. The summed E-state index contributed by atoms with van der Waals surface area (Å²) in [6.45, 7) is 1.85. The second-order valence-electron chi connectivity index (χ2n) is 6.25. The van der Waals surface area contributed by atoms with Crippen LogP contribution < -0.4 is 0 Å². The van der Waals surface area contributed by atoms with Crippen molar-refractivity contribution in [1.29, 1.82) is 0 Å². The van der Waals surface area contributed by atoms with Crippen LogP contribution >= 0.6 is 11.6 Å². The Kier molecular flexibility index (Phi) is 2.45. The maximum Gasteiger partial charge on any atom is 0.207 e. The minimum absolute atomic E-state index is 0.527. The summed E-state index contributed by atoms with van der Waals surface area (Å²) >= 11 is 6.51. The van der Waals surface area contributed by atoms with E-state index in [9.17, 15) is 0 Å². The van der Waals surface area contributed by atoms with Crippen molar-refractivity contribution in [2.24, 2.45) is 0 Å². The van der Waals surface area contributed by atoms with E-state index in [4.69, 9.17) is 16.1 Å². The molecule has 3 aromatic heterocycles. The smallest absolute Gasteiger partial charge is 0.207 e. The van der Waals surface area contributed by atoms with E-state index in [1.165, 1.54) is 36.8 Å². The van der Waals surface area contributed by atoms with Gasteiger partial charge in [0.15, 0.2) is 16.5 Å². The van der Waals surface area contributed by atoms with Gasteiger partial charge in [-0.15, -0.1) is 10.2 Å². The molecule has 22 heavy (non-hydrogen) atoms. The third kappa shape index (κ3) is 1.56. The lowest BCUT2D eigenvalue weighted by Gasteiger charge is -2.38. The number of hydrogen-bond donors (Lipinski definition) is 0. The van der Waals surface area contributed by atoms with Crippen LogP contribution in [0.4, 0.5) is 0 Å². The van der Waals surface area contributed by atoms with Crippen LogP contribution in [-0.2, 0) is 0 Å². The minimum Gasteiger partial charge on any atom is -0.361 e. The van der Waals surface area contributed by atoms with Crippen LogP contribution in [0.25, 0.3) is 17.2 Å². The zero-order valence-corrected chi connectivity index (χ0v) is 12.8. The molecule has 3 aliphatic carbocycles. The van der Waals surface area contributed by atoms with Gasteiger partial charge >= 0.3 is 0 Å². The monoisotopic (exact) mass is 315 g/mol. The summed E-state index contributed by atoms with van der Waals surface area (Å²) in [5.74, 6) is 2.37. The van der Waals surface area contributed by atoms with Gasteiger partial charge in [0.05, 0.1) is 0 Å². The molecule has 3 aliphatic rings. The number of aromatic nitrogens is 5. The first-order chi connectivity index (χ1) is 10.7. The molecule has 0 aromatic carbocycles. The van der Waals surface area contributed by atoms with Gasteiger partial charge in [0.1, 0.15) is 5.76 Å². The lowest BCUT2D eigenvalue weighted by Crippen LogP contribution is -2.24. The molecule has 6 rings (SSSR count). The number of fused-ring (bicyclic) bond motifs is 3. The molecule has 0 atom stereocenters. The first-order valence-corrected chi connectivity index (χ1v) is 7.98. The van der Waals surface area contributed by atoms with Crippen LogP contribution in [0, 0.1) is 6.92 Å². The molecular formula is C15H14ClN5O. The molecule has 0 aliphatic heterocycles. The van der Waals surface area contributed by atoms with Gasteiger partial charge in [-0.05, 0) is 44.4 Å². The third-order valence-corrected chi connectivity index (χ3v) is 5.26. The summed E-state index contributed by atoms with van der Waals surface area (Å²) in [5.41, 5.74) is 3.91. The summed E-state index contributed by atoms with van der Waals surface area (Å²) in [6.07, 6.45) is 4.83. The molecule has 0 radical (unpaired) electrons. The van der Waals surface area contributed by atoms with Crippen LogP contribution in [0.3, 0.4) is 0 Å². The summed E-state index contributed by atoms with van der Waals surface area (Å²) in [6, 6.07) is 1.83. The molecule has 0 unspecified atom stereocenters. The average Bonchev–Trinajstić information content (AvgIpc) is 3.14. The van der Waals surface area contributed by atoms with Gasteiger partial charge in [0.25, 0.3) is 0 Å². The van der Waals surface area contributed by atoms with Crippen molar-refractivity contribution in [2.75, 3.05) is 0 Å². The number of nitrogens with zero attached hydrogens (tertiary/aromatic N) is 5. The van der Waals surface area contributed by atoms with E-state index in [1.54, 1.807) is 4.52 Å². The normalized spacial score (nSPS) is 23.2. The van der Waals surface area contributed by atoms with Gasteiger partial charge in [-0.3, -0.25) is 0 Å². The molecule has 1 fully saturated rings. The first kappa shape index (κ1) is 12.6. The lowest BCUT2D eigenvalue weighted by atomic mass is 9.68. The Labute approximate surface area is 131 Å². The molecule has 0 N–H and O–H groups in total. The number of halogens is 1. The summed E-state index contributed by atoms with van der Waals surface area (Å²) < 4.78 is 6.86. The highest BCUT2D eigenvalue weighted by molar-refractivity contribution is 6.30. The second-order valence-corrected chi connectivity index (χ2v) is 6.61. The molecule has 3 heterocycles. The largest absolute Gasteiger partial charge is 0.361 e. The maximum atomic E-state index is 6.51. The van der Waals surface area contributed by atoms with Crippen LogP contribution in [0.5, 0.6) is 0 Å². The Morgan fingerprint density at radius 1 is 1.14 bits per heavy atom. The predicted octanol–water partition coefficient (Wildman–Crippen LogP) is 3.50. The molecule has 0 amide bonds. The molecule has 112 valence electrons. The summed E-state index contributed by atoms with van der Waals surface area (Å²) in [7, 11) is 0. The van der Waals surface area contributed by atoms with E-state index >= 15 is 0 Å². The van der Waals surface area contributed by atoms with E-state index in [0.29, 0.717) is 28.5 Å². The van der Waals surface area contributed by atoms with E-state index < -0.39 is 0 Å². The summed E-state index contributed by atoms with van der Waals surface area (Å²) in [5, 5.41) is 17.8. The topological polar surface area (TPSA) is 69.1 Å². The molecule has 0 spiro atoms. The molecule has 1 saturated carbocycles. The SMILES string of the molecule is Cc1cc(-c2nnc3c4c(c(Cl)nn23)C2CCC4CC2)no1. The van der Waals surface area contributed by atoms with Gasteiger partial charge in [-0.25, -0.2) is 0 Å². The molecule has 6 nitrogen and oxygen atoms in total. The highest BCUT2D eigenvalue weighted by Gasteiger charge is 2.38. The van der Waals surface area contributed by atoms with Gasteiger partial charge in [0, 0.05) is 17.2 Å². The van der Waals surface area contributed by atoms with Crippen LogP contribution in [0.1, 0.15) is 54.4 Å². The van der Waals surface area contributed by atoms with Gasteiger partial charge in [-0.2, -0.15) is 9.61 Å². The molecular weight excluding hydrogens is 302 g/mol. The molecule has 2 bridgehead atoms. The van der Waals surface area contributed by atoms with Crippen molar-refractivity contribution in [2.45, 2.75) is 44.4 Å². The Morgan fingerprint density at radius 3 is 2.55 bits per heavy atom. The fourth-order valence-corrected chi connectivity index (χ4v) is 4.34. The highest BCUT2D eigenvalue weighted by Crippen LogP contribution is 2.52. The minimum atomic E-state index is 0.527. The van der Waals surface area contributed by atoms with E-state index in [2.05, 4.69) is 20.5 Å². The van der Waals surface area contributed by atoms with Crippen molar-refractivity contribution in [1.82, 2.24) is 25.0 Å². The number of aryl methyl sites for hydroxylation is 1. The lowest BCUT2D eigenvalue weighted by molar-refractivity contribution is 0.358. The average molecular weight is 316 g/mol. The predicted molar refractivity (Wildman–Crippen MR) is 80.0 cm³/mol. The molecule has 7 heteroatoms. The summed E-state index contributed by atoms with van der Waals surface area (Å²) in [4.78, 5) is 0. The quantitative estimate of drug-likeness (QED) is 0.687. The maximum absolute atomic E-state index is 6.51. The molecule has 0 saturated heterocycles. The van der Waals surface area contributed by atoms with Crippen LogP contribution in [-0.4, -0.2) is 25.0 Å². The van der Waals surface area contributed by atoms with Crippen molar-refractivity contribution < 1.29 is 4.52 Å². The van der Waals surface area contributed by atoms with Crippen LogP contribution in [0.2, 0.25) is 5.15 Å². The highest BCUT2D eigenvalue weighted by atomic mass is 35.5. The van der Waals surface area contributed by atoms with Gasteiger partial charge < -0.3 is 4.52 Å². The van der Waals surface area contributed by atoms with Crippen molar-refractivity contribution in [3.63, 3.8) is 0 Å². The van der Waals surface area contributed by atoms with E-state index in [0.717, 1.165) is 11.4 Å².